The molecule has 0 spiro atoms. The Morgan fingerprint density at radius 3 is 3.00 bits per heavy atom. The molecule has 1 aliphatic heterocycles. The van der Waals surface area contributed by atoms with Gasteiger partial charge in [-0.05, 0) is 6.92 Å². The Labute approximate surface area is 65.6 Å². The average Bonchev–Trinajstić information content (AvgIpc) is 2.46. The average molecular weight is 152 g/mol. The normalized spacial score (nSPS) is 16.5. The first-order valence-corrected chi connectivity index (χ1v) is 4.03. The van der Waals surface area contributed by atoms with Gasteiger partial charge in [0.1, 0.15) is 0 Å². The van der Waals surface area contributed by atoms with Crippen molar-refractivity contribution in [2.24, 2.45) is 0 Å². The molecule has 0 bridgehead atoms. The Hall–Kier alpha value is -0.900. The van der Waals surface area contributed by atoms with Crippen molar-refractivity contribution < 1.29 is 0 Å². The molecule has 4 heteroatoms. The molecular weight excluding hydrogens is 140 g/mol. The van der Waals surface area contributed by atoms with Crippen molar-refractivity contribution in [3.63, 3.8) is 0 Å². The molecule has 1 aliphatic rings. The maximum atomic E-state index is 4.33. The van der Waals surface area contributed by atoms with Crippen LogP contribution in [0.4, 0.5) is 0 Å². The SMILES string of the molecule is CCn1nc2c(n1)CNCC2. The molecule has 0 aromatic carbocycles. The molecular formula is C7H12N4. The van der Waals surface area contributed by atoms with Gasteiger partial charge in [0, 0.05) is 19.5 Å². The summed E-state index contributed by atoms with van der Waals surface area (Å²) in [4.78, 5) is 1.76. The third-order valence-corrected chi connectivity index (χ3v) is 1.92. The summed E-state index contributed by atoms with van der Waals surface area (Å²) >= 11 is 0. The molecule has 11 heavy (non-hydrogen) atoms. The minimum atomic E-state index is 0.868. The van der Waals surface area contributed by atoms with E-state index >= 15 is 0 Å². The third-order valence-electron chi connectivity index (χ3n) is 1.92. The number of aromatic nitrogens is 3. The Balaban J connectivity index is 2.32. The summed E-state index contributed by atoms with van der Waals surface area (Å²) in [6.07, 6.45) is 1.02. The van der Waals surface area contributed by atoms with Gasteiger partial charge in [0.05, 0.1) is 17.9 Å². The maximum Gasteiger partial charge on any atom is 0.0997 e. The largest absolute Gasteiger partial charge is 0.311 e. The summed E-state index contributed by atoms with van der Waals surface area (Å²) < 4.78 is 0. The predicted octanol–water partition coefficient (Wildman–Crippen LogP) is -0.0563. The van der Waals surface area contributed by atoms with Crippen LogP contribution < -0.4 is 5.32 Å². The smallest absolute Gasteiger partial charge is 0.0997 e. The van der Waals surface area contributed by atoms with Crippen LogP contribution in [0.25, 0.3) is 0 Å². The summed E-state index contributed by atoms with van der Waals surface area (Å²) in [6, 6.07) is 0. The van der Waals surface area contributed by atoms with Gasteiger partial charge < -0.3 is 5.32 Å². The van der Waals surface area contributed by atoms with Gasteiger partial charge in [0.25, 0.3) is 0 Å². The lowest BCUT2D eigenvalue weighted by molar-refractivity contribution is 0.561. The van der Waals surface area contributed by atoms with E-state index in [9.17, 15) is 0 Å². The van der Waals surface area contributed by atoms with Gasteiger partial charge in [-0.25, -0.2) is 0 Å². The van der Waals surface area contributed by atoms with E-state index in [0.29, 0.717) is 0 Å². The molecule has 2 heterocycles. The van der Waals surface area contributed by atoms with Gasteiger partial charge in [-0.15, -0.1) is 0 Å². The third kappa shape index (κ3) is 1.14. The van der Waals surface area contributed by atoms with Crippen molar-refractivity contribution in [1.29, 1.82) is 0 Å². The molecule has 0 unspecified atom stereocenters. The van der Waals surface area contributed by atoms with Crippen molar-refractivity contribution in [2.45, 2.75) is 26.4 Å². The standard InChI is InChI=1S/C7H12N4/c1-2-11-9-6-3-4-8-5-7(6)10-11/h8H,2-5H2,1H3. The zero-order chi connectivity index (χ0) is 7.68. The second-order valence-corrected chi connectivity index (χ2v) is 2.71. The number of hydrogen-bond donors (Lipinski definition) is 1. The molecule has 0 fully saturated rings. The molecule has 60 valence electrons. The van der Waals surface area contributed by atoms with E-state index < -0.39 is 0 Å². The molecule has 1 N–H and O–H groups in total. The molecule has 1 aromatic heterocycles. The molecule has 0 saturated heterocycles. The molecule has 2 rings (SSSR count). The summed E-state index contributed by atoms with van der Waals surface area (Å²) in [6.45, 7) is 4.84. The van der Waals surface area contributed by atoms with Crippen molar-refractivity contribution >= 4 is 0 Å². The summed E-state index contributed by atoms with van der Waals surface area (Å²) in [5.74, 6) is 0. The summed E-state index contributed by atoms with van der Waals surface area (Å²) in [5, 5.41) is 11.9. The number of aryl methyl sites for hydroxylation is 1. The van der Waals surface area contributed by atoms with Gasteiger partial charge in [0.2, 0.25) is 0 Å². The Morgan fingerprint density at radius 1 is 1.45 bits per heavy atom. The molecule has 4 nitrogen and oxygen atoms in total. The van der Waals surface area contributed by atoms with Crippen molar-refractivity contribution in [3.05, 3.63) is 11.4 Å². The maximum absolute atomic E-state index is 4.33. The lowest BCUT2D eigenvalue weighted by Crippen LogP contribution is -2.23. The minimum absolute atomic E-state index is 0.868. The quantitative estimate of drug-likeness (QED) is 0.613. The van der Waals surface area contributed by atoms with Gasteiger partial charge in [-0.2, -0.15) is 15.0 Å². The van der Waals surface area contributed by atoms with Crippen LogP contribution in [-0.4, -0.2) is 21.5 Å². The molecule has 0 aliphatic carbocycles. The highest BCUT2D eigenvalue weighted by Gasteiger charge is 2.13. The van der Waals surface area contributed by atoms with E-state index in [1.165, 1.54) is 5.69 Å². The molecule has 0 atom stereocenters. The number of nitrogens with zero attached hydrogens (tertiary/aromatic N) is 3. The number of rotatable bonds is 1. The fraction of sp³-hybridized carbons (Fsp3) is 0.714. The second-order valence-electron chi connectivity index (χ2n) is 2.71. The van der Waals surface area contributed by atoms with Gasteiger partial charge in [-0.1, -0.05) is 0 Å². The number of fused-ring (bicyclic) bond motifs is 1. The van der Waals surface area contributed by atoms with Crippen molar-refractivity contribution in [2.75, 3.05) is 6.54 Å². The monoisotopic (exact) mass is 152 g/mol. The molecule has 0 amide bonds. The lowest BCUT2D eigenvalue weighted by Gasteiger charge is -2.07. The van der Waals surface area contributed by atoms with E-state index in [4.69, 9.17) is 0 Å². The lowest BCUT2D eigenvalue weighted by atomic mass is 10.2. The van der Waals surface area contributed by atoms with Crippen LogP contribution in [0.5, 0.6) is 0 Å². The fourth-order valence-electron chi connectivity index (χ4n) is 1.30. The molecule has 1 aromatic rings. The van der Waals surface area contributed by atoms with Crippen molar-refractivity contribution in [3.8, 4) is 0 Å². The zero-order valence-electron chi connectivity index (χ0n) is 6.67. The van der Waals surface area contributed by atoms with Crippen LogP contribution in [0.2, 0.25) is 0 Å². The van der Waals surface area contributed by atoms with E-state index in [-0.39, 0.29) is 0 Å². The van der Waals surface area contributed by atoms with Gasteiger partial charge in [-0.3, -0.25) is 0 Å². The van der Waals surface area contributed by atoms with E-state index in [0.717, 1.165) is 31.7 Å². The topological polar surface area (TPSA) is 42.7 Å². The highest BCUT2D eigenvalue weighted by Crippen LogP contribution is 2.06. The summed E-state index contributed by atoms with van der Waals surface area (Å²) in [7, 11) is 0. The first-order valence-electron chi connectivity index (χ1n) is 4.03. The molecule has 0 radical (unpaired) electrons. The van der Waals surface area contributed by atoms with Crippen LogP contribution in [0, 0.1) is 0 Å². The number of nitrogens with one attached hydrogen (secondary N) is 1. The van der Waals surface area contributed by atoms with Crippen molar-refractivity contribution in [1.82, 2.24) is 20.3 Å². The Kier molecular flexibility index (Phi) is 1.62. The van der Waals surface area contributed by atoms with E-state index in [1.54, 1.807) is 4.80 Å². The molecule has 0 saturated carbocycles. The van der Waals surface area contributed by atoms with Crippen LogP contribution in [0.3, 0.4) is 0 Å². The minimum Gasteiger partial charge on any atom is -0.311 e. The number of hydrogen-bond acceptors (Lipinski definition) is 3. The van der Waals surface area contributed by atoms with Crippen LogP contribution in [-0.2, 0) is 19.5 Å². The van der Waals surface area contributed by atoms with Gasteiger partial charge >= 0.3 is 0 Å². The van der Waals surface area contributed by atoms with E-state index in [2.05, 4.69) is 22.4 Å². The first-order chi connectivity index (χ1) is 5.40. The zero-order valence-corrected chi connectivity index (χ0v) is 6.67. The Morgan fingerprint density at radius 2 is 2.27 bits per heavy atom. The van der Waals surface area contributed by atoms with Crippen LogP contribution >= 0.6 is 0 Å². The highest BCUT2D eigenvalue weighted by molar-refractivity contribution is 5.11. The first kappa shape index (κ1) is 6.79. The highest BCUT2D eigenvalue weighted by atomic mass is 15.5. The van der Waals surface area contributed by atoms with Crippen LogP contribution in [0.1, 0.15) is 18.3 Å². The Bertz CT molecular complexity index is 229. The fourth-order valence-corrected chi connectivity index (χ4v) is 1.30. The van der Waals surface area contributed by atoms with Gasteiger partial charge in [0.15, 0.2) is 0 Å². The van der Waals surface area contributed by atoms with E-state index in [1.807, 2.05) is 0 Å². The summed E-state index contributed by atoms with van der Waals surface area (Å²) in [5.41, 5.74) is 2.30. The predicted molar refractivity (Wildman–Crippen MR) is 41.1 cm³/mol. The second kappa shape index (κ2) is 2.62. The van der Waals surface area contributed by atoms with Crippen LogP contribution in [0.15, 0.2) is 0 Å².